The Hall–Kier alpha value is -5.61. The molecular weight excluding hydrogens is 551 g/mol. The number of rotatable bonds is 6. The lowest BCUT2D eigenvalue weighted by molar-refractivity contribution is 0.584. The standard InChI is InChI=1S/C40H26F3N/c41-33-15-18-36(19-16-33)44(37-13-7-12-29(23-37)32-21-34(42)25-35(43)22-32)38-17-14-30-20-31(27-8-3-1-4-9-27)24-39(40(30)26-38)28-10-5-2-6-11-28/h1-26H. The molecule has 0 aliphatic heterocycles. The highest BCUT2D eigenvalue weighted by Crippen LogP contribution is 2.41. The second-order valence-corrected chi connectivity index (χ2v) is 10.7. The molecule has 0 saturated carbocycles. The van der Waals surface area contributed by atoms with Crippen LogP contribution >= 0.6 is 0 Å². The van der Waals surface area contributed by atoms with Crippen LogP contribution in [0.25, 0.3) is 44.2 Å². The first-order chi connectivity index (χ1) is 21.5. The van der Waals surface area contributed by atoms with Gasteiger partial charge in [-0.15, -0.1) is 0 Å². The minimum atomic E-state index is -0.640. The van der Waals surface area contributed by atoms with Crippen molar-refractivity contribution in [2.45, 2.75) is 0 Å². The van der Waals surface area contributed by atoms with E-state index in [0.717, 1.165) is 56.2 Å². The van der Waals surface area contributed by atoms with Crippen molar-refractivity contribution in [3.05, 3.63) is 175 Å². The Morgan fingerprint density at radius 1 is 0.341 bits per heavy atom. The molecule has 0 amide bonds. The molecule has 0 unspecified atom stereocenters. The second kappa shape index (κ2) is 11.6. The molecule has 0 N–H and O–H groups in total. The van der Waals surface area contributed by atoms with Gasteiger partial charge in [0, 0.05) is 23.1 Å². The van der Waals surface area contributed by atoms with Gasteiger partial charge in [-0.1, -0.05) is 78.9 Å². The Bertz CT molecular complexity index is 2070. The third-order valence-electron chi connectivity index (χ3n) is 7.77. The molecule has 0 fully saturated rings. The van der Waals surface area contributed by atoms with Gasteiger partial charge < -0.3 is 4.90 Å². The average Bonchev–Trinajstić information content (AvgIpc) is 3.06. The Kier molecular flexibility index (Phi) is 7.17. The van der Waals surface area contributed by atoms with Crippen molar-refractivity contribution in [2.24, 2.45) is 0 Å². The maximum atomic E-state index is 14.1. The summed E-state index contributed by atoms with van der Waals surface area (Å²) in [5.74, 6) is -1.62. The first-order valence-corrected chi connectivity index (χ1v) is 14.3. The van der Waals surface area contributed by atoms with Crippen LogP contribution in [0.4, 0.5) is 30.2 Å². The number of anilines is 3. The number of nitrogens with zero attached hydrogens (tertiary/aromatic N) is 1. The summed E-state index contributed by atoms with van der Waals surface area (Å²) in [4.78, 5) is 2.03. The smallest absolute Gasteiger partial charge is 0.126 e. The first kappa shape index (κ1) is 27.2. The molecule has 0 aliphatic carbocycles. The van der Waals surface area contributed by atoms with E-state index < -0.39 is 11.6 Å². The molecule has 0 aromatic heterocycles. The molecule has 0 bridgehead atoms. The van der Waals surface area contributed by atoms with Crippen LogP contribution in [0.5, 0.6) is 0 Å². The summed E-state index contributed by atoms with van der Waals surface area (Å²) in [5.41, 5.74) is 7.90. The molecule has 212 valence electrons. The lowest BCUT2D eigenvalue weighted by Crippen LogP contribution is -2.10. The fourth-order valence-corrected chi connectivity index (χ4v) is 5.72. The molecular formula is C40H26F3N. The van der Waals surface area contributed by atoms with Crippen molar-refractivity contribution in [3.63, 3.8) is 0 Å². The Morgan fingerprint density at radius 3 is 1.64 bits per heavy atom. The van der Waals surface area contributed by atoms with Crippen molar-refractivity contribution in [1.29, 1.82) is 0 Å². The molecule has 7 aromatic carbocycles. The first-order valence-electron chi connectivity index (χ1n) is 14.3. The zero-order valence-electron chi connectivity index (χ0n) is 23.6. The van der Waals surface area contributed by atoms with Crippen molar-refractivity contribution >= 4 is 27.8 Å². The molecule has 44 heavy (non-hydrogen) atoms. The topological polar surface area (TPSA) is 3.24 Å². The van der Waals surface area contributed by atoms with E-state index in [1.165, 1.54) is 24.3 Å². The van der Waals surface area contributed by atoms with Gasteiger partial charge in [-0.2, -0.15) is 0 Å². The van der Waals surface area contributed by atoms with Crippen molar-refractivity contribution < 1.29 is 13.2 Å². The van der Waals surface area contributed by atoms with E-state index in [1.807, 2.05) is 71.6 Å². The molecule has 4 heteroatoms. The predicted octanol–water partition coefficient (Wildman–Crippen LogP) is 11.7. The minimum absolute atomic E-state index is 0.337. The largest absolute Gasteiger partial charge is 0.310 e. The summed E-state index contributed by atoms with van der Waals surface area (Å²) < 4.78 is 42.3. The van der Waals surface area contributed by atoms with Crippen LogP contribution in [0, 0.1) is 17.5 Å². The maximum absolute atomic E-state index is 14.1. The molecule has 0 spiro atoms. The van der Waals surface area contributed by atoms with Gasteiger partial charge in [0.25, 0.3) is 0 Å². The second-order valence-electron chi connectivity index (χ2n) is 10.7. The van der Waals surface area contributed by atoms with Gasteiger partial charge in [0.1, 0.15) is 17.5 Å². The average molecular weight is 578 g/mol. The van der Waals surface area contributed by atoms with Crippen LogP contribution in [0.15, 0.2) is 158 Å². The zero-order valence-corrected chi connectivity index (χ0v) is 23.6. The number of benzene rings is 7. The van der Waals surface area contributed by atoms with Crippen molar-refractivity contribution in [1.82, 2.24) is 0 Å². The Morgan fingerprint density at radius 2 is 0.932 bits per heavy atom. The molecule has 0 radical (unpaired) electrons. The molecule has 7 rings (SSSR count). The molecule has 1 nitrogen and oxygen atoms in total. The van der Waals surface area contributed by atoms with E-state index in [-0.39, 0.29) is 5.82 Å². The monoisotopic (exact) mass is 577 g/mol. The number of fused-ring (bicyclic) bond motifs is 1. The Balaban J connectivity index is 1.43. The van der Waals surface area contributed by atoms with Crippen LogP contribution in [-0.4, -0.2) is 0 Å². The third kappa shape index (κ3) is 5.46. The number of halogens is 3. The van der Waals surface area contributed by atoms with E-state index in [2.05, 4.69) is 48.5 Å². The third-order valence-corrected chi connectivity index (χ3v) is 7.77. The van der Waals surface area contributed by atoms with E-state index in [9.17, 15) is 13.2 Å². The summed E-state index contributed by atoms with van der Waals surface area (Å²) in [6.45, 7) is 0. The fraction of sp³-hybridized carbons (Fsp3) is 0. The van der Waals surface area contributed by atoms with Crippen molar-refractivity contribution in [3.8, 4) is 33.4 Å². The van der Waals surface area contributed by atoms with Crippen LogP contribution in [0.1, 0.15) is 0 Å². The quantitative estimate of drug-likeness (QED) is 0.190. The van der Waals surface area contributed by atoms with Crippen LogP contribution < -0.4 is 4.90 Å². The van der Waals surface area contributed by atoms with Gasteiger partial charge >= 0.3 is 0 Å². The minimum Gasteiger partial charge on any atom is -0.310 e. The van der Waals surface area contributed by atoms with E-state index in [4.69, 9.17) is 0 Å². The van der Waals surface area contributed by atoms with Crippen molar-refractivity contribution in [2.75, 3.05) is 4.90 Å². The molecule has 0 atom stereocenters. The van der Waals surface area contributed by atoms with Crippen LogP contribution in [0.2, 0.25) is 0 Å². The van der Waals surface area contributed by atoms with E-state index in [0.29, 0.717) is 11.1 Å². The summed E-state index contributed by atoms with van der Waals surface area (Å²) in [5, 5.41) is 2.14. The molecule has 0 heterocycles. The molecule has 7 aromatic rings. The van der Waals surface area contributed by atoms with Gasteiger partial charge in [0.15, 0.2) is 0 Å². The lowest BCUT2D eigenvalue weighted by atomic mass is 9.92. The summed E-state index contributed by atoms with van der Waals surface area (Å²) in [6, 6.07) is 48.6. The maximum Gasteiger partial charge on any atom is 0.126 e. The Labute approximate surface area is 254 Å². The normalized spacial score (nSPS) is 11.1. The van der Waals surface area contributed by atoms with Gasteiger partial charge in [0.05, 0.1) is 0 Å². The van der Waals surface area contributed by atoms with E-state index in [1.54, 1.807) is 12.1 Å². The van der Waals surface area contributed by atoms with E-state index >= 15 is 0 Å². The highest BCUT2D eigenvalue weighted by atomic mass is 19.1. The van der Waals surface area contributed by atoms with Crippen LogP contribution in [-0.2, 0) is 0 Å². The SMILES string of the molecule is Fc1ccc(N(c2cccc(-c3cc(F)cc(F)c3)c2)c2ccc3cc(-c4ccccc4)cc(-c4ccccc4)c3c2)cc1. The highest BCUT2D eigenvalue weighted by molar-refractivity contribution is 6.02. The highest BCUT2D eigenvalue weighted by Gasteiger charge is 2.17. The van der Waals surface area contributed by atoms with Gasteiger partial charge in [-0.05, 0) is 117 Å². The zero-order chi connectivity index (χ0) is 30.0. The lowest BCUT2D eigenvalue weighted by Gasteiger charge is -2.27. The van der Waals surface area contributed by atoms with Gasteiger partial charge in [-0.25, -0.2) is 13.2 Å². The van der Waals surface area contributed by atoms with Gasteiger partial charge in [-0.3, -0.25) is 0 Å². The predicted molar refractivity (Wildman–Crippen MR) is 175 cm³/mol. The van der Waals surface area contributed by atoms with Gasteiger partial charge in [0.2, 0.25) is 0 Å². The summed E-state index contributed by atoms with van der Waals surface area (Å²) >= 11 is 0. The fourth-order valence-electron chi connectivity index (χ4n) is 5.72. The summed E-state index contributed by atoms with van der Waals surface area (Å²) in [7, 11) is 0. The molecule has 0 saturated heterocycles. The summed E-state index contributed by atoms with van der Waals surface area (Å²) in [6.07, 6.45) is 0. The van der Waals surface area contributed by atoms with Crippen LogP contribution in [0.3, 0.4) is 0 Å². The molecule has 0 aliphatic rings. The number of hydrogen-bond acceptors (Lipinski definition) is 1. The number of hydrogen-bond donors (Lipinski definition) is 0.